The van der Waals surface area contributed by atoms with E-state index < -0.39 is 18.1 Å². The van der Waals surface area contributed by atoms with Crippen LogP contribution in [-0.2, 0) is 10.8 Å². The van der Waals surface area contributed by atoms with Crippen molar-refractivity contribution in [1.29, 1.82) is 0 Å². The fourth-order valence-corrected chi connectivity index (χ4v) is 5.74. The monoisotopic (exact) mass is 535 g/mol. The Kier molecular flexibility index (Phi) is 7.28. The largest absolute Gasteiger partial charge is 0.447 e. The predicted molar refractivity (Wildman–Crippen MR) is 157 cm³/mol. The highest BCUT2D eigenvalue weighted by molar-refractivity contribution is 6.09. The van der Waals surface area contributed by atoms with Gasteiger partial charge >= 0.3 is 0 Å². The van der Waals surface area contributed by atoms with Crippen molar-refractivity contribution in [3.8, 4) is 0 Å². The summed E-state index contributed by atoms with van der Waals surface area (Å²) in [4.78, 5) is 27.0. The zero-order valence-corrected chi connectivity index (χ0v) is 23.8. The number of rotatable bonds is 7. The summed E-state index contributed by atoms with van der Waals surface area (Å²) in [6, 6.07) is 25.0. The molecule has 206 valence electrons. The van der Waals surface area contributed by atoms with Crippen LogP contribution in [0.2, 0.25) is 0 Å². The van der Waals surface area contributed by atoms with E-state index in [1.165, 1.54) is 17.2 Å². The van der Waals surface area contributed by atoms with Crippen LogP contribution in [0.15, 0.2) is 89.3 Å². The summed E-state index contributed by atoms with van der Waals surface area (Å²) in [5.74, 6) is -0.627. The number of hydrogen-bond donors (Lipinski definition) is 2. The van der Waals surface area contributed by atoms with Crippen LogP contribution in [0.3, 0.4) is 0 Å². The van der Waals surface area contributed by atoms with Gasteiger partial charge in [-0.15, -0.1) is 0 Å². The third-order valence-electron chi connectivity index (χ3n) is 8.40. The molecule has 0 bridgehead atoms. The molecule has 1 aliphatic carbocycles. The molecule has 0 saturated carbocycles. The first kappa shape index (κ1) is 27.6. The quantitative estimate of drug-likeness (QED) is 0.242. The Balaban J connectivity index is 1.42. The minimum absolute atomic E-state index is 0.0154. The molecule has 5 rings (SSSR count). The summed E-state index contributed by atoms with van der Waals surface area (Å²) in [5, 5.41) is 14.1. The van der Waals surface area contributed by atoms with E-state index in [2.05, 4.69) is 39.1 Å². The van der Waals surface area contributed by atoms with E-state index in [1.54, 1.807) is 6.07 Å². The number of benzene rings is 3. The van der Waals surface area contributed by atoms with Gasteiger partial charge in [-0.2, -0.15) is 0 Å². The Hall–Kier alpha value is -3.96. The molecule has 0 spiro atoms. The Bertz CT molecular complexity index is 1530. The molecule has 1 amide bonds. The van der Waals surface area contributed by atoms with E-state index in [4.69, 9.17) is 4.42 Å². The maximum Gasteiger partial charge on any atom is 0.287 e. The van der Waals surface area contributed by atoms with E-state index >= 15 is 0 Å². The van der Waals surface area contributed by atoms with Gasteiger partial charge in [0.05, 0.1) is 6.04 Å². The van der Waals surface area contributed by atoms with Gasteiger partial charge < -0.3 is 14.8 Å². The Morgan fingerprint density at radius 1 is 0.775 bits per heavy atom. The van der Waals surface area contributed by atoms with Crippen molar-refractivity contribution in [1.82, 2.24) is 5.32 Å². The van der Waals surface area contributed by atoms with Crippen molar-refractivity contribution in [2.45, 2.75) is 70.4 Å². The number of carbonyl (C=O) groups excluding carboxylic acids is 2. The second kappa shape index (κ2) is 10.5. The summed E-state index contributed by atoms with van der Waals surface area (Å²) in [6.07, 6.45) is 1.17. The average molecular weight is 536 g/mol. The molecule has 0 saturated heterocycles. The molecule has 0 unspecified atom stereocenters. The van der Waals surface area contributed by atoms with Crippen molar-refractivity contribution in [3.05, 3.63) is 130 Å². The van der Waals surface area contributed by atoms with E-state index in [0.717, 1.165) is 24.0 Å². The van der Waals surface area contributed by atoms with Crippen molar-refractivity contribution < 1.29 is 19.1 Å². The van der Waals surface area contributed by atoms with E-state index in [-0.39, 0.29) is 28.1 Å². The maximum atomic E-state index is 13.6. The van der Waals surface area contributed by atoms with Gasteiger partial charge in [-0.3, -0.25) is 9.59 Å². The number of furan rings is 1. The predicted octanol–water partition coefficient (Wildman–Crippen LogP) is 7.37. The van der Waals surface area contributed by atoms with Crippen LogP contribution in [0.25, 0.3) is 0 Å². The highest BCUT2D eigenvalue weighted by atomic mass is 16.4. The van der Waals surface area contributed by atoms with E-state index in [9.17, 15) is 14.7 Å². The Morgan fingerprint density at radius 2 is 1.30 bits per heavy atom. The summed E-state index contributed by atoms with van der Waals surface area (Å²) in [7, 11) is 0. The molecule has 2 N–H and O–H groups in total. The van der Waals surface area contributed by atoms with E-state index in [1.807, 2.05) is 73.7 Å². The van der Waals surface area contributed by atoms with Gasteiger partial charge in [-0.05, 0) is 76.6 Å². The molecule has 0 aliphatic heterocycles. The van der Waals surface area contributed by atoms with Crippen LogP contribution >= 0.6 is 0 Å². The summed E-state index contributed by atoms with van der Waals surface area (Å²) in [5.41, 5.74) is 5.43. The molecule has 40 heavy (non-hydrogen) atoms. The summed E-state index contributed by atoms with van der Waals surface area (Å²) < 4.78 is 5.83. The minimum Gasteiger partial charge on any atom is -0.447 e. The molecule has 4 aromatic rings. The number of hydrogen-bond acceptors (Lipinski definition) is 4. The van der Waals surface area contributed by atoms with E-state index in [0.29, 0.717) is 11.1 Å². The molecule has 5 heteroatoms. The number of carbonyl (C=O) groups is 2. The van der Waals surface area contributed by atoms with Crippen molar-refractivity contribution in [2.75, 3.05) is 0 Å². The van der Waals surface area contributed by atoms with Crippen LogP contribution < -0.4 is 5.32 Å². The molecule has 1 heterocycles. The van der Waals surface area contributed by atoms with Crippen LogP contribution in [0, 0.1) is 6.92 Å². The normalized spacial score (nSPS) is 16.9. The van der Waals surface area contributed by atoms with Crippen LogP contribution in [-0.4, -0.2) is 16.8 Å². The number of aliphatic hydroxyl groups is 1. The van der Waals surface area contributed by atoms with Crippen molar-refractivity contribution in [3.63, 3.8) is 0 Å². The number of aryl methyl sites for hydroxylation is 1. The molecule has 2 atom stereocenters. The first-order valence-corrected chi connectivity index (χ1v) is 13.9. The zero-order valence-electron chi connectivity index (χ0n) is 23.8. The fourth-order valence-electron chi connectivity index (χ4n) is 5.74. The highest BCUT2D eigenvalue weighted by Gasteiger charge is 2.38. The van der Waals surface area contributed by atoms with Crippen molar-refractivity contribution in [2.24, 2.45) is 0 Å². The van der Waals surface area contributed by atoms with Gasteiger partial charge in [0.1, 0.15) is 6.10 Å². The van der Waals surface area contributed by atoms with Gasteiger partial charge in [0.2, 0.25) is 5.78 Å². The minimum atomic E-state index is -0.977. The number of nitrogens with one attached hydrogen (secondary N) is 1. The molecule has 3 aromatic carbocycles. The lowest BCUT2D eigenvalue weighted by Gasteiger charge is -2.42. The third kappa shape index (κ3) is 5.26. The topological polar surface area (TPSA) is 79.5 Å². The van der Waals surface area contributed by atoms with Crippen LogP contribution in [0.4, 0.5) is 0 Å². The molecule has 0 fully saturated rings. The second-order valence-corrected chi connectivity index (χ2v) is 12.2. The Morgan fingerprint density at radius 3 is 1.90 bits per heavy atom. The van der Waals surface area contributed by atoms with Gasteiger partial charge in [-0.1, -0.05) is 94.4 Å². The fraction of sp³-hybridized carbons (Fsp3) is 0.314. The smallest absolute Gasteiger partial charge is 0.287 e. The molecule has 5 nitrogen and oxygen atoms in total. The first-order valence-electron chi connectivity index (χ1n) is 13.9. The number of fused-ring (bicyclic) bond motifs is 1. The SMILES string of the molecule is Cc1cc2c(cc1C(=O)c1ccc(C(=O)N[C@@H](c3ccccc3)[C@H](O)c3ccccc3)o1)C(C)(C)CCC2(C)C. The third-order valence-corrected chi connectivity index (χ3v) is 8.40. The molecular weight excluding hydrogens is 498 g/mol. The number of aliphatic hydroxyl groups excluding tert-OH is 1. The lowest BCUT2D eigenvalue weighted by atomic mass is 9.62. The van der Waals surface area contributed by atoms with Gasteiger partial charge in [0.25, 0.3) is 5.91 Å². The number of amides is 1. The highest BCUT2D eigenvalue weighted by Crippen LogP contribution is 2.46. The second-order valence-electron chi connectivity index (χ2n) is 12.2. The van der Waals surface area contributed by atoms with Gasteiger partial charge in [0, 0.05) is 5.56 Å². The maximum absolute atomic E-state index is 13.6. The lowest BCUT2D eigenvalue weighted by molar-refractivity contribution is 0.0803. The van der Waals surface area contributed by atoms with Crippen molar-refractivity contribution >= 4 is 11.7 Å². The Labute approximate surface area is 236 Å². The van der Waals surface area contributed by atoms with Gasteiger partial charge in [0.15, 0.2) is 11.5 Å². The summed E-state index contributed by atoms with van der Waals surface area (Å²) in [6.45, 7) is 10.9. The van der Waals surface area contributed by atoms with Crippen LogP contribution in [0.5, 0.6) is 0 Å². The lowest BCUT2D eigenvalue weighted by Crippen LogP contribution is -2.34. The average Bonchev–Trinajstić information content (AvgIpc) is 3.45. The summed E-state index contributed by atoms with van der Waals surface area (Å²) >= 11 is 0. The molecular formula is C35H37NO4. The number of ketones is 1. The standard InChI is InChI=1S/C35H37NO4/c1-22-20-26-27(35(4,5)19-18-34(26,2)3)21-25(22)32(38)28-16-17-29(40-28)33(39)36-30(23-12-8-6-9-13-23)31(37)24-14-10-7-11-15-24/h6-17,20-21,30-31,37H,18-19H2,1-5H3,(H,36,39)/t30-,31+/m0/s1. The zero-order chi connectivity index (χ0) is 28.7. The molecule has 1 aliphatic rings. The first-order chi connectivity index (χ1) is 19.0. The molecule has 0 radical (unpaired) electrons. The van der Waals surface area contributed by atoms with Crippen LogP contribution in [0.1, 0.15) is 107 Å². The van der Waals surface area contributed by atoms with Gasteiger partial charge in [-0.25, -0.2) is 0 Å². The molecule has 1 aromatic heterocycles.